The van der Waals surface area contributed by atoms with E-state index in [0.717, 1.165) is 16.9 Å². The van der Waals surface area contributed by atoms with Crippen LogP contribution in [0.25, 0.3) is 11.1 Å². The highest BCUT2D eigenvalue weighted by atomic mass is 16.5. The molecule has 1 unspecified atom stereocenters. The molecule has 1 aliphatic rings. The Kier molecular flexibility index (Phi) is 5.48. The second-order valence-electron chi connectivity index (χ2n) is 6.94. The van der Waals surface area contributed by atoms with Crippen LogP contribution in [0.2, 0.25) is 0 Å². The first-order valence-electron chi connectivity index (χ1n) is 9.58. The number of hydrogen-bond donors (Lipinski definition) is 2. The highest BCUT2D eigenvalue weighted by Gasteiger charge is 2.33. The summed E-state index contributed by atoms with van der Waals surface area (Å²) in [7, 11) is 4.66. The number of ether oxygens (including phenoxy) is 3. The number of amides is 2. The smallest absolute Gasteiger partial charge is 0.249 e. The van der Waals surface area contributed by atoms with Gasteiger partial charge in [0, 0.05) is 29.4 Å². The third kappa shape index (κ3) is 4.02. The zero-order valence-corrected chi connectivity index (χ0v) is 17.3. The molecular weight excluding hydrogens is 400 g/mol. The highest BCUT2D eigenvalue weighted by Crippen LogP contribution is 2.35. The number of fused-ring (bicyclic) bond motifs is 1. The van der Waals surface area contributed by atoms with E-state index >= 15 is 0 Å². The molecule has 2 N–H and O–H groups in total. The van der Waals surface area contributed by atoms with Crippen LogP contribution in [0.3, 0.4) is 0 Å². The molecule has 0 radical (unpaired) electrons. The van der Waals surface area contributed by atoms with E-state index in [9.17, 15) is 9.59 Å². The van der Waals surface area contributed by atoms with Gasteiger partial charge in [-0.2, -0.15) is 5.10 Å². The van der Waals surface area contributed by atoms with E-state index in [0.29, 0.717) is 23.0 Å². The predicted molar refractivity (Wildman–Crippen MR) is 115 cm³/mol. The fraction of sp³-hybridized carbons (Fsp3) is 0.227. The molecule has 0 saturated carbocycles. The van der Waals surface area contributed by atoms with Gasteiger partial charge in [-0.05, 0) is 17.7 Å². The molecule has 0 bridgehead atoms. The molecule has 2 aromatic carbocycles. The van der Waals surface area contributed by atoms with E-state index in [1.165, 1.54) is 18.9 Å². The predicted octanol–water partition coefficient (Wildman–Crippen LogP) is 3.10. The molecule has 1 atom stereocenters. The summed E-state index contributed by atoms with van der Waals surface area (Å²) < 4.78 is 17.2. The second kappa shape index (κ2) is 8.39. The monoisotopic (exact) mass is 422 g/mol. The Balaban J connectivity index is 1.63. The van der Waals surface area contributed by atoms with Crippen molar-refractivity contribution in [2.24, 2.45) is 0 Å². The Labute approximate surface area is 178 Å². The van der Waals surface area contributed by atoms with Gasteiger partial charge in [0.15, 0.2) is 0 Å². The van der Waals surface area contributed by atoms with Gasteiger partial charge in [0.05, 0.1) is 33.9 Å². The summed E-state index contributed by atoms with van der Waals surface area (Å²) in [5.41, 5.74) is 2.06. The average molecular weight is 422 g/mol. The van der Waals surface area contributed by atoms with Gasteiger partial charge in [-0.25, -0.2) is 4.68 Å². The number of aromatic nitrogens is 2. The minimum Gasteiger partial charge on any atom is -0.497 e. The van der Waals surface area contributed by atoms with Crippen molar-refractivity contribution in [2.75, 3.05) is 32.0 Å². The molecule has 160 valence electrons. The van der Waals surface area contributed by atoms with E-state index in [-0.39, 0.29) is 18.2 Å². The molecule has 0 fully saturated rings. The van der Waals surface area contributed by atoms with Crippen LogP contribution in [0, 0.1) is 0 Å². The van der Waals surface area contributed by atoms with Crippen LogP contribution in [0.15, 0.2) is 48.7 Å². The SMILES string of the molecule is COc1ccc(-c2cnn3c2NC(=O)CC3C(=O)Nc2cc(OC)cc(OC)c2)cc1. The largest absolute Gasteiger partial charge is 0.497 e. The maximum absolute atomic E-state index is 13.1. The highest BCUT2D eigenvalue weighted by molar-refractivity contribution is 6.03. The number of nitrogens with zero attached hydrogens (tertiary/aromatic N) is 2. The maximum atomic E-state index is 13.1. The van der Waals surface area contributed by atoms with Gasteiger partial charge in [-0.3, -0.25) is 9.59 Å². The van der Waals surface area contributed by atoms with Crippen LogP contribution >= 0.6 is 0 Å². The Morgan fingerprint density at radius 3 is 2.29 bits per heavy atom. The van der Waals surface area contributed by atoms with Gasteiger partial charge in [0.2, 0.25) is 11.8 Å². The normalized spacial score (nSPS) is 14.9. The summed E-state index contributed by atoms with van der Waals surface area (Å²) in [6.45, 7) is 0. The number of hydrogen-bond acceptors (Lipinski definition) is 6. The molecule has 0 saturated heterocycles. The van der Waals surface area contributed by atoms with Crippen LogP contribution in [0.4, 0.5) is 11.5 Å². The lowest BCUT2D eigenvalue weighted by Gasteiger charge is -2.24. The van der Waals surface area contributed by atoms with Crippen molar-refractivity contribution in [1.29, 1.82) is 0 Å². The molecule has 1 aliphatic heterocycles. The Morgan fingerprint density at radius 1 is 1.03 bits per heavy atom. The van der Waals surface area contributed by atoms with E-state index in [1.807, 2.05) is 24.3 Å². The van der Waals surface area contributed by atoms with E-state index in [4.69, 9.17) is 14.2 Å². The van der Waals surface area contributed by atoms with E-state index in [2.05, 4.69) is 15.7 Å². The Morgan fingerprint density at radius 2 is 1.68 bits per heavy atom. The summed E-state index contributed by atoms with van der Waals surface area (Å²) in [5.74, 6) is 1.65. The maximum Gasteiger partial charge on any atom is 0.249 e. The first-order chi connectivity index (χ1) is 15.0. The summed E-state index contributed by atoms with van der Waals surface area (Å²) in [4.78, 5) is 25.4. The molecule has 9 nitrogen and oxygen atoms in total. The molecule has 0 spiro atoms. The third-order valence-electron chi connectivity index (χ3n) is 5.05. The van der Waals surface area contributed by atoms with E-state index < -0.39 is 6.04 Å². The lowest BCUT2D eigenvalue weighted by molar-refractivity contribution is -0.125. The molecular formula is C22H22N4O5. The number of benzene rings is 2. The number of anilines is 2. The zero-order chi connectivity index (χ0) is 22.0. The van der Waals surface area contributed by atoms with Crippen molar-refractivity contribution in [1.82, 2.24) is 9.78 Å². The van der Waals surface area contributed by atoms with E-state index in [1.54, 1.807) is 31.5 Å². The molecule has 4 rings (SSSR count). The number of rotatable bonds is 6. The van der Waals surface area contributed by atoms with Crippen molar-refractivity contribution >= 4 is 23.3 Å². The number of methoxy groups -OCH3 is 3. The molecule has 31 heavy (non-hydrogen) atoms. The summed E-state index contributed by atoms with van der Waals surface area (Å²) in [6, 6.07) is 11.6. The van der Waals surface area contributed by atoms with Gasteiger partial charge in [0.25, 0.3) is 0 Å². The van der Waals surface area contributed by atoms with Crippen molar-refractivity contribution in [3.63, 3.8) is 0 Å². The lowest BCUT2D eigenvalue weighted by atomic mass is 10.1. The van der Waals surface area contributed by atoms with Crippen molar-refractivity contribution < 1.29 is 23.8 Å². The number of carbonyl (C=O) groups excluding carboxylic acids is 2. The zero-order valence-electron chi connectivity index (χ0n) is 17.3. The topological polar surface area (TPSA) is 104 Å². The summed E-state index contributed by atoms with van der Waals surface area (Å²) in [6.07, 6.45) is 1.61. The first kappa shape index (κ1) is 20.3. The minimum absolute atomic E-state index is 0.0241. The number of carbonyl (C=O) groups is 2. The average Bonchev–Trinajstić information content (AvgIpc) is 3.21. The molecule has 9 heteroatoms. The van der Waals surface area contributed by atoms with Crippen LogP contribution in [-0.4, -0.2) is 42.9 Å². The Bertz CT molecular complexity index is 1100. The van der Waals surface area contributed by atoms with Crippen LogP contribution in [0.5, 0.6) is 17.2 Å². The lowest BCUT2D eigenvalue weighted by Crippen LogP contribution is -2.35. The molecule has 1 aromatic heterocycles. The molecule has 2 amide bonds. The quantitative estimate of drug-likeness (QED) is 0.633. The molecule has 2 heterocycles. The van der Waals surface area contributed by atoms with Crippen LogP contribution in [0.1, 0.15) is 12.5 Å². The standard InChI is InChI=1S/C22H22N4O5/c1-29-15-6-4-13(5-7-15)18-12-23-26-19(11-20(27)25-21(18)26)22(28)24-14-8-16(30-2)10-17(9-14)31-3/h4-10,12,19H,11H2,1-3H3,(H,24,28)(H,25,27). The van der Waals surface area contributed by atoms with Crippen LogP contribution in [-0.2, 0) is 9.59 Å². The molecule has 3 aromatic rings. The van der Waals surface area contributed by atoms with Crippen molar-refractivity contribution in [3.05, 3.63) is 48.7 Å². The minimum atomic E-state index is -0.798. The fourth-order valence-corrected chi connectivity index (χ4v) is 3.46. The summed E-state index contributed by atoms with van der Waals surface area (Å²) >= 11 is 0. The second-order valence-corrected chi connectivity index (χ2v) is 6.94. The van der Waals surface area contributed by atoms with Gasteiger partial charge in [0.1, 0.15) is 29.1 Å². The van der Waals surface area contributed by atoms with Gasteiger partial charge >= 0.3 is 0 Å². The van der Waals surface area contributed by atoms with Crippen molar-refractivity contribution in [2.45, 2.75) is 12.5 Å². The van der Waals surface area contributed by atoms with Gasteiger partial charge < -0.3 is 24.8 Å². The van der Waals surface area contributed by atoms with Gasteiger partial charge in [-0.1, -0.05) is 12.1 Å². The van der Waals surface area contributed by atoms with Crippen LogP contribution < -0.4 is 24.8 Å². The number of nitrogens with one attached hydrogen (secondary N) is 2. The third-order valence-corrected chi connectivity index (χ3v) is 5.05. The molecule has 0 aliphatic carbocycles. The fourth-order valence-electron chi connectivity index (χ4n) is 3.46. The van der Waals surface area contributed by atoms with Gasteiger partial charge in [-0.15, -0.1) is 0 Å². The Hall–Kier alpha value is -4.01. The first-order valence-corrected chi connectivity index (χ1v) is 9.58. The van der Waals surface area contributed by atoms with Crippen molar-refractivity contribution in [3.8, 4) is 28.4 Å². The summed E-state index contributed by atoms with van der Waals surface area (Å²) in [5, 5.41) is 10.0.